The van der Waals surface area contributed by atoms with Gasteiger partial charge in [-0.25, -0.2) is 0 Å². The molecule has 0 saturated carbocycles. The van der Waals surface area contributed by atoms with E-state index in [4.69, 9.17) is 33.2 Å². The van der Waals surface area contributed by atoms with E-state index in [1.807, 2.05) is 0 Å². The van der Waals surface area contributed by atoms with Gasteiger partial charge in [0, 0.05) is 12.6 Å². The summed E-state index contributed by atoms with van der Waals surface area (Å²) in [6.07, 6.45) is 0. The number of halogens is 2. The third kappa shape index (κ3) is 2.73. The van der Waals surface area contributed by atoms with Crippen molar-refractivity contribution in [1.82, 2.24) is 4.57 Å². The molecular weight excluding hydrogens is 355 g/mol. The zero-order chi connectivity index (χ0) is 18.2. The summed E-state index contributed by atoms with van der Waals surface area (Å²) in [5.41, 5.74) is -0.886. The Labute approximate surface area is 147 Å². The van der Waals surface area contributed by atoms with Crippen LogP contribution in [-0.4, -0.2) is 22.6 Å². The highest BCUT2D eigenvalue weighted by atomic mass is 35.5. The lowest BCUT2D eigenvalue weighted by Crippen LogP contribution is -2.24. The van der Waals surface area contributed by atoms with Gasteiger partial charge < -0.3 is 9.84 Å². The van der Waals surface area contributed by atoms with Gasteiger partial charge in [0.2, 0.25) is 5.88 Å². The highest BCUT2D eigenvalue weighted by molar-refractivity contribution is 6.38. The van der Waals surface area contributed by atoms with Crippen molar-refractivity contribution in [1.29, 1.82) is 5.26 Å². The van der Waals surface area contributed by atoms with Crippen LogP contribution in [0.5, 0.6) is 11.6 Å². The molecule has 6 nitrogen and oxygen atoms in total. The molecule has 0 radical (unpaired) electrons. The van der Waals surface area contributed by atoms with Crippen LogP contribution in [0.3, 0.4) is 0 Å². The maximum atomic E-state index is 12.8. The van der Waals surface area contributed by atoms with E-state index >= 15 is 0 Å². The molecule has 0 unspecified atom stereocenters. The number of aromatic hydroxyl groups is 1. The molecule has 0 bridgehead atoms. The Morgan fingerprint density at radius 1 is 1.33 bits per heavy atom. The van der Waals surface area contributed by atoms with Crippen molar-refractivity contribution in [3.63, 3.8) is 0 Å². The summed E-state index contributed by atoms with van der Waals surface area (Å²) in [4.78, 5) is 24.7. The summed E-state index contributed by atoms with van der Waals surface area (Å²) in [7, 11) is 2.65. The van der Waals surface area contributed by atoms with Crippen molar-refractivity contribution in [2.75, 3.05) is 7.11 Å². The molecule has 0 spiro atoms. The first-order chi connectivity index (χ1) is 11.2. The molecule has 8 heteroatoms. The minimum absolute atomic E-state index is 0.0890. The molecule has 0 aliphatic rings. The van der Waals surface area contributed by atoms with E-state index < -0.39 is 17.2 Å². The average molecular weight is 367 g/mol. The topological polar surface area (TPSA) is 92.3 Å². The standard InChI is InChI=1S/C16H12Cl2N2O4/c1-7-9(6-19)15(22)20(2)16(23)12(7)13(21)8-4-10(17)14(24-3)11(18)5-8/h4-5,23H,1-3H3. The first-order valence-electron chi connectivity index (χ1n) is 6.64. The molecule has 1 N–H and O–H groups in total. The number of carbonyl (C=O) groups excluding carboxylic acids is 1. The van der Waals surface area contributed by atoms with Crippen molar-refractivity contribution in [3.8, 4) is 17.7 Å². The first-order valence-corrected chi connectivity index (χ1v) is 7.40. The van der Waals surface area contributed by atoms with Crippen LogP contribution >= 0.6 is 23.2 Å². The minimum Gasteiger partial charge on any atom is -0.494 e. The first kappa shape index (κ1) is 17.9. The van der Waals surface area contributed by atoms with Crippen LogP contribution in [0.25, 0.3) is 0 Å². The number of aromatic nitrogens is 1. The fourth-order valence-electron chi connectivity index (χ4n) is 2.32. The highest BCUT2D eigenvalue weighted by Crippen LogP contribution is 2.35. The third-order valence-corrected chi connectivity index (χ3v) is 4.17. The lowest BCUT2D eigenvalue weighted by Gasteiger charge is -2.13. The van der Waals surface area contributed by atoms with Gasteiger partial charge >= 0.3 is 0 Å². The van der Waals surface area contributed by atoms with Gasteiger partial charge in [0.15, 0.2) is 11.5 Å². The zero-order valence-electron chi connectivity index (χ0n) is 13.0. The molecule has 124 valence electrons. The van der Waals surface area contributed by atoms with Gasteiger partial charge in [-0.15, -0.1) is 0 Å². The normalized spacial score (nSPS) is 10.3. The number of carbonyl (C=O) groups is 1. The van der Waals surface area contributed by atoms with E-state index in [0.29, 0.717) is 0 Å². The zero-order valence-corrected chi connectivity index (χ0v) is 14.5. The van der Waals surface area contributed by atoms with Gasteiger partial charge in [0.1, 0.15) is 11.6 Å². The number of nitrogens with zero attached hydrogens (tertiary/aromatic N) is 2. The smallest absolute Gasteiger partial charge is 0.271 e. The van der Waals surface area contributed by atoms with Crippen LogP contribution in [0.4, 0.5) is 0 Å². The van der Waals surface area contributed by atoms with Crippen molar-refractivity contribution < 1.29 is 14.6 Å². The van der Waals surface area contributed by atoms with Gasteiger partial charge in [-0.1, -0.05) is 23.2 Å². The third-order valence-electron chi connectivity index (χ3n) is 3.61. The number of ether oxygens (including phenoxy) is 1. The number of pyridine rings is 1. The maximum absolute atomic E-state index is 12.8. The molecule has 0 amide bonds. The van der Waals surface area contributed by atoms with E-state index in [1.165, 1.54) is 33.2 Å². The molecule has 24 heavy (non-hydrogen) atoms. The summed E-state index contributed by atoms with van der Waals surface area (Å²) in [5, 5.41) is 19.6. The van der Waals surface area contributed by atoms with E-state index in [2.05, 4.69) is 0 Å². The molecular formula is C16H12Cl2N2O4. The van der Waals surface area contributed by atoms with Gasteiger partial charge in [0.05, 0.1) is 22.7 Å². The molecule has 2 aromatic rings. The Balaban J connectivity index is 2.75. The quantitative estimate of drug-likeness (QED) is 0.843. The van der Waals surface area contributed by atoms with Gasteiger partial charge in [0.25, 0.3) is 5.56 Å². The Morgan fingerprint density at radius 2 is 1.88 bits per heavy atom. The van der Waals surface area contributed by atoms with Crippen LogP contribution in [0.2, 0.25) is 10.0 Å². The van der Waals surface area contributed by atoms with Crippen LogP contribution < -0.4 is 10.3 Å². The lowest BCUT2D eigenvalue weighted by molar-refractivity contribution is 0.103. The van der Waals surface area contributed by atoms with Gasteiger partial charge in [-0.3, -0.25) is 14.2 Å². The second kappa shape index (κ2) is 6.56. The van der Waals surface area contributed by atoms with Crippen molar-refractivity contribution in [3.05, 3.63) is 54.8 Å². The number of hydrogen-bond donors (Lipinski definition) is 1. The maximum Gasteiger partial charge on any atom is 0.271 e. The summed E-state index contributed by atoms with van der Waals surface area (Å²) < 4.78 is 5.86. The lowest BCUT2D eigenvalue weighted by atomic mass is 9.97. The summed E-state index contributed by atoms with van der Waals surface area (Å²) in [5.74, 6) is -0.942. The summed E-state index contributed by atoms with van der Waals surface area (Å²) >= 11 is 12.1. The van der Waals surface area contributed by atoms with Gasteiger partial charge in [-0.2, -0.15) is 5.26 Å². The Bertz CT molecular complexity index is 935. The molecule has 0 fully saturated rings. The summed E-state index contributed by atoms with van der Waals surface area (Å²) in [6.45, 7) is 1.42. The molecule has 0 aliphatic heterocycles. The van der Waals surface area contributed by atoms with Crippen molar-refractivity contribution >= 4 is 29.0 Å². The second-order valence-electron chi connectivity index (χ2n) is 4.98. The molecule has 2 rings (SSSR count). The van der Waals surface area contributed by atoms with Crippen LogP contribution in [0.1, 0.15) is 27.0 Å². The van der Waals surface area contributed by atoms with Crippen LogP contribution in [0, 0.1) is 18.3 Å². The predicted octanol–water partition coefficient (Wildman–Crippen LogP) is 2.82. The molecule has 0 atom stereocenters. The van der Waals surface area contributed by atoms with E-state index in [0.717, 1.165) is 4.57 Å². The SMILES string of the molecule is COc1c(Cl)cc(C(=O)c2c(C)c(C#N)c(=O)n(C)c2O)cc1Cl. The Kier molecular flexibility index (Phi) is 4.88. The average Bonchev–Trinajstić information content (AvgIpc) is 2.53. The molecule has 0 aliphatic carbocycles. The largest absolute Gasteiger partial charge is 0.494 e. The Morgan fingerprint density at radius 3 is 2.33 bits per heavy atom. The number of methoxy groups -OCH3 is 1. The van der Waals surface area contributed by atoms with Crippen molar-refractivity contribution in [2.24, 2.45) is 7.05 Å². The number of rotatable bonds is 3. The monoisotopic (exact) mass is 366 g/mol. The Hall–Kier alpha value is -2.49. The summed E-state index contributed by atoms with van der Waals surface area (Å²) in [6, 6.07) is 4.43. The van der Waals surface area contributed by atoms with E-state index in [1.54, 1.807) is 6.07 Å². The van der Waals surface area contributed by atoms with E-state index in [9.17, 15) is 14.7 Å². The molecule has 0 saturated heterocycles. The predicted molar refractivity (Wildman–Crippen MR) is 89.2 cm³/mol. The highest BCUT2D eigenvalue weighted by Gasteiger charge is 2.24. The minimum atomic E-state index is -0.685. The number of nitriles is 1. The fourth-order valence-corrected chi connectivity index (χ4v) is 2.96. The van der Waals surface area contributed by atoms with E-state index in [-0.39, 0.29) is 38.0 Å². The molecule has 1 aromatic carbocycles. The number of ketones is 1. The van der Waals surface area contributed by atoms with Gasteiger partial charge in [-0.05, 0) is 24.6 Å². The second-order valence-corrected chi connectivity index (χ2v) is 5.79. The van der Waals surface area contributed by atoms with Crippen LogP contribution in [0.15, 0.2) is 16.9 Å². The molecule has 1 heterocycles. The number of hydrogen-bond acceptors (Lipinski definition) is 5. The molecule has 1 aromatic heterocycles. The number of benzene rings is 1. The van der Waals surface area contributed by atoms with Crippen molar-refractivity contribution in [2.45, 2.75) is 6.92 Å². The van der Waals surface area contributed by atoms with Crippen LogP contribution in [-0.2, 0) is 7.05 Å². The fraction of sp³-hybridized carbons (Fsp3) is 0.188.